The van der Waals surface area contributed by atoms with Crippen molar-refractivity contribution in [1.82, 2.24) is 20.9 Å². The minimum atomic E-state index is -0.938. The topological polar surface area (TPSA) is 99.8 Å². The number of urea groups is 1. The predicted octanol–water partition coefficient (Wildman–Crippen LogP) is -1.83. The first-order chi connectivity index (χ1) is 9.54. The van der Waals surface area contributed by atoms with E-state index < -0.39 is 11.6 Å². The second-order valence-corrected chi connectivity index (χ2v) is 5.55. The zero-order valence-corrected chi connectivity index (χ0v) is 11.3. The van der Waals surface area contributed by atoms with Crippen LogP contribution in [0, 0.1) is 0 Å². The average Bonchev–Trinajstić information content (AvgIpc) is 3.10. The molecule has 3 saturated heterocycles. The number of methoxy groups -OCH3 is 1. The molecule has 3 heterocycles. The molecule has 3 rings (SSSR count). The summed E-state index contributed by atoms with van der Waals surface area (Å²) in [5.74, 6) is -0.373. The van der Waals surface area contributed by atoms with Gasteiger partial charge in [0.15, 0.2) is 0 Å². The van der Waals surface area contributed by atoms with E-state index in [4.69, 9.17) is 4.74 Å². The molecule has 8 heteroatoms. The Kier molecular flexibility index (Phi) is 3.14. The van der Waals surface area contributed by atoms with Gasteiger partial charge in [-0.05, 0) is 12.8 Å². The lowest BCUT2D eigenvalue weighted by molar-refractivity contribution is -0.132. The molecule has 8 nitrogen and oxygen atoms in total. The number of nitrogens with one attached hydrogen (secondary N) is 3. The average molecular weight is 282 g/mol. The summed E-state index contributed by atoms with van der Waals surface area (Å²) in [6.07, 6.45) is 1.14. The van der Waals surface area contributed by atoms with Crippen LogP contribution in [-0.4, -0.2) is 67.2 Å². The van der Waals surface area contributed by atoms with Crippen molar-refractivity contribution in [3.05, 3.63) is 0 Å². The molecule has 0 aromatic heterocycles. The first-order valence-corrected chi connectivity index (χ1v) is 6.73. The van der Waals surface area contributed by atoms with E-state index >= 15 is 0 Å². The van der Waals surface area contributed by atoms with Gasteiger partial charge in [0.05, 0.1) is 18.7 Å². The summed E-state index contributed by atoms with van der Waals surface area (Å²) in [5.41, 5.74) is -0.938. The standard InChI is InChI=1S/C12H18N4O4/c1-20-7-4-8(13-5-7)9(17)16-3-2-12(6-16)10(18)14-11(19)15-12/h7-8,13H,2-6H2,1H3,(H2,14,15,18,19). The van der Waals surface area contributed by atoms with E-state index in [1.54, 1.807) is 12.0 Å². The molecule has 20 heavy (non-hydrogen) atoms. The van der Waals surface area contributed by atoms with Gasteiger partial charge in [0.25, 0.3) is 5.91 Å². The van der Waals surface area contributed by atoms with E-state index in [0.717, 1.165) is 0 Å². The molecular formula is C12H18N4O4. The van der Waals surface area contributed by atoms with E-state index in [0.29, 0.717) is 25.9 Å². The van der Waals surface area contributed by atoms with E-state index in [-0.39, 0.29) is 30.5 Å². The lowest BCUT2D eigenvalue weighted by atomic mass is 9.99. The maximum atomic E-state index is 12.4. The van der Waals surface area contributed by atoms with Crippen molar-refractivity contribution in [3.63, 3.8) is 0 Å². The molecule has 110 valence electrons. The highest BCUT2D eigenvalue weighted by atomic mass is 16.5. The van der Waals surface area contributed by atoms with E-state index in [1.165, 1.54) is 0 Å². The number of carbonyl (C=O) groups is 3. The molecule has 1 spiro atoms. The van der Waals surface area contributed by atoms with Crippen LogP contribution in [0.5, 0.6) is 0 Å². The fourth-order valence-corrected chi connectivity index (χ4v) is 3.10. The molecule has 4 amide bonds. The van der Waals surface area contributed by atoms with Gasteiger partial charge in [-0.3, -0.25) is 14.9 Å². The van der Waals surface area contributed by atoms with Crippen LogP contribution in [-0.2, 0) is 14.3 Å². The number of nitrogens with zero attached hydrogens (tertiary/aromatic N) is 1. The third kappa shape index (κ3) is 2.04. The number of hydrogen-bond donors (Lipinski definition) is 3. The van der Waals surface area contributed by atoms with E-state index in [1.807, 2.05) is 0 Å². The van der Waals surface area contributed by atoms with Gasteiger partial charge < -0.3 is 20.3 Å². The monoisotopic (exact) mass is 282 g/mol. The van der Waals surface area contributed by atoms with Crippen molar-refractivity contribution < 1.29 is 19.1 Å². The van der Waals surface area contributed by atoms with Crippen LogP contribution >= 0.6 is 0 Å². The van der Waals surface area contributed by atoms with Gasteiger partial charge in [-0.25, -0.2) is 4.79 Å². The molecule has 3 aliphatic rings. The van der Waals surface area contributed by atoms with Crippen molar-refractivity contribution in [2.75, 3.05) is 26.7 Å². The highest BCUT2D eigenvalue weighted by Crippen LogP contribution is 2.26. The van der Waals surface area contributed by atoms with Crippen molar-refractivity contribution >= 4 is 17.8 Å². The number of imide groups is 1. The molecule has 0 radical (unpaired) electrons. The smallest absolute Gasteiger partial charge is 0.322 e. The maximum Gasteiger partial charge on any atom is 0.322 e. The van der Waals surface area contributed by atoms with E-state index in [2.05, 4.69) is 16.0 Å². The lowest BCUT2D eigenvalue weighted by Crippen LogP contribution is -2.51. The molecule has 0 aliphatic carbocycles. The molecule has 0 bridgehead atoms. The second kappa shape index (κ2) is 4.71. The fourth-order valence-electron chi connectivity index (χ4n) is 3.10. The largest absolute Gasteiger partial charge is 0.380 e. The SMILES string of the molecule is COC1CNC(C(=O)N2CCC3(C2)NC(=O)NC3=O)C1. The zero-order valence-electron chi connectivity index (χ0n) is 11.3. The van der Waals surface area contributed by atoms with Crippen LogP contribution in [0.15, 0.2) is 0 Å². The second-order valence-electron chi connectivity index (χ2n) is 5.55. The molecule has 0 aromatic carbocycles. The highest BCUT2D eigenvalue weighted by Gasteiger charge is 2.52. The Hall–Kier alpha value is -1.67. The normalized spacial score (nSPS) is 36.5. The van der Waals surface area contributed by atoms with Gasteiger partial charge in [-0.1, -0.05) is 0 Å². The zero-order chi connectivity index (χ0) is 14.3. The van der Waals surface area contributed by atoms with Gasteiger partial charge in [0, 0.05) is 20.2 Å². The summed E-state index contributed by atoms with van der Waals surface area (Å²) in [6.45, 7) is 1.37. The molecule has 3 aliphatic heterocycles. The van der Waals surface area contributed by atoms with Crippen molar-refractivity contribution in [3.8, 4) is 0 Å². The molecular weight excluding hydrogens is 264 g/mol. The minimum absolute atomic E-state index is 0.0321. The third-order valence-electron chi connectivity index (χ3n) is 4.32. The van der Waals surface area contributed by atoms with Gasteiger partial charge >= 0.3 is 6.03 Å². The van der Waals surface area contributed by atoms with Gasteiger partial charge in [-0.15, -0.1) is 0 Å². The first kappa shape index (κ1) is 13.3. The maximum absolute atomic E-state index is 12.4. The van der Waals surface area contributed by atoms with Crippen LogP contribution < -0.4 is 16.0 Å². The summed E-state index contributed by atoms with van der Waals surface area (Å²) in [4.78, 5) is 37.1. The van der Waals surface area contributed by atoms with Crippen LogP contribution in [0.1, 0.15) is 12.8 Å². The summed E-state index contributed by atoms with van der Waals surface area (Å²) in [5, 5.41) is 8.00. The Morgan fingerprint density at radius 1 is 1.45 bits per heavy atom. The fraction of sp³-hybridized carbons (Fsp3) is 0.750. The summed E-state index contributed by atoms with van der Waals surface area (Å²) >= 11 is 0. The first-order valence-electron chi connectivity index (χ1n) is 6.73. The summed E-state index contributed by atoms with van der Waals surface area (Å²) in [7, 11) is 1.63. The Labute approximate surface area is 116 Å². The van der Waals surface area contributed by atoms with Crippen LogP contribution in [0.3, 0.4) is 0 Å². The number of carbonyl (C=O) groups excluding carboxylic acids is 3. The number of likely N-dealkylation sites (tertiary alicyclic amines) is 1. The molecule has 3 atom stereocenters. The number of ether oxygens (including phenoxy) is 1. The number of amides is 4. The Bertz CT molecular complexity index is 468. The van der Waals surface area contributed by atoms with Crippen molar-refractivity contribution in [2.24, 2.45) is 0 Å². The third-order valence-corrected chi connectivity index (χ3v) is 4.32. The van der Waals surface area contributed by atoms with Crippen molar-refractivity contribution in [2.45, 2.75) is 30.5 Å². The van der Waals surface area contributed by atoms with Crippen LogP contribution in [0.2, 0.25) is 0 Å². The number of rotatable bonds is 2. The molecule has 3 fully saturated rings. The molecule has 3 unspecified atom stereocenters. The minimum Gasteiger partial charge on any atom is -0.380 e. The summed E-state index contributed by atoms with van der Waals surface area (Å²) < 4.78 is 5.22. The lowest BCUT2D eigenvalue weighted by Gasteiger charge is -2.23. The summed E-state index contributed by atoms with van der Waals surface area (Å²) in [6, 6.07) is -0.752. The highest BCUT2D eigenvalue weighted by molar-refractivity contribution is 6.07. The van der Waals surface area contributed by atoms with Gasteiger partial charge in [-0.2, -0.15) is 0 Å². The molecule has 0 aromatic rings. The predicted molar refractivity (Wildman–Crippen MR) is 67.8 cm³/mol. The van der Waals surface area contributed by atoms with Gasteiger partial charge in [0.2, 0.25) is 5.91 Å². The number of hydrogen-bond acceptors (Lipinski definition) is 5. The molecule has 3 N–H and O–H groups in total. The Morgan fingerprint density at radius 2 is 2.25 bits per heavy atom. The molecule has 0 saturated carbocycles. The van der Waals surface area contributed by atoms with Crippen LogP contribution in [0.25, 0.3) is 0 Å². The van der Waals surface area contributed by atoms with E-state index in [9.17, 15) is 14.4 Å². The van der Waals surface area contributed by atoms with Crippen LogP contribution in [0.4, 0.5) is 4.79 Å². The van der Waals surface area contributed by atoms with Gasteiger partial charge in [0.1, 0.15) is 5.54 Å². The Morgan fingerprint density at radius 3 is 2.85 bits per heavy atom. The van der Waals surface area contributed by atoms with Crippen molar-refractivity contribution in [1.29, 1.82) is 0 Å². The quantitative estimate of drug-likeness (QED) is 0.518. The Balaban J connectivity index is 1.64.